The molecule has 0 aliphatic carbocycles. The highest BCUT2D eigenvalue weighted by atomic mass is 35.5. The van der Waals surface area contributed by atoms with Crippen LogP contribution >= 0.6 is 11.6 Å². The average Bonchev–Trinajstić information content (AvgIpc) is 3.31. The number of carboxylic acid groups (broad SMARTS) is 1. The van der Waals surface area contributed by atoms with Crippen molar-refractivity contribution in [2.45, 2.75) is 56.9 Å². The quantitative estimate of drug-likeness (QED) is 0.613. The number of carbonyl (C=O) groups excluding carboxylic acids is 1. The number of carbonyl (C=O) groups is 2. The highest BCUT2D eigenvalue weighted by Crippen LogP contribution is 2.37. The standard InChI is InChI=1S/C22H24ClNO9/c1-11(20(26)27)30-19-17(24-12(2)25)22(31-14-7-4-3-6-13(14)23)32-16-10-29-21(33-18(16)19)15-8-5-9-28-15/h3-9,11,16-19,21-22H,10H2,1-2H3,(H,24,25)(H,26,27). The second-order valence-electron chi connectivity index (χ2n) is 7.68. The molecule has 10 nitrogen and oxygen atoms in total. The van der Waals surface area contributed by atoms with Crippen LogP contribution < -0.4 is 10.1 Å². The van der Waals surface area contributed by atoms with Crippen molar-refractivity contribution in [2.75, 3.05) is 6.61 Å². The number of halogens is 1. The van der Waals surface area contributed by atoms with Gasteiger partial charge in [-0.1, -0.05) is 23.7 Å². The average molecular weight is 482 g/mol. The van der Waals surface area contributed by atoms with Crippen molar-refractivity contribution in [3.8, 4) is 5.75 Å². The Morgan fingerprint density at radius 2 is 2.00 bits per heavy atom. The van der Waals surface area contributed by atoms with Gasteiger partial charge in [0.15, 0.2) is 11.9 Å². The Hall–Kier alpha value is -2.63. The molecule has 0 saturated carbocycles. The molecule has 2 saturated heterocycles. The lowest BCUT2D eigenvalue weighted by atomic mass is 9.95. The molecule has 1 amide bonds. The van der Waals surface area contributed by atoms with Crippen molar-refractivity contribution < 1.29 is 42.8 Å². The zero-order valence-corrected chi connectivity index (χ0v) is 18.6. The van der Waals surface area contributed by atoms with E-state index in [-0.39, 0.29) is 12.5 Å². The van der Waals surface area contributed by atoms with Gasteiger partial charge in [-0.25, -0.2) is 4.79 Å². The molecule has 2 aliphatic rings. The second kappa shape index (κ2) is 10.1. The molecule has 3 heterocycles. The Labute approximate surface area is 194 Å². The monoisotopic (exact) mass is 481 g/mol. The smallest absolute Gasteiger partial charge is 0.332 e. The molecule has 2 fully saturated rings. The van der Waals surface area contributed by atoms with E-state index in [0.29, 0.717) is 16.5 Å². The molecule has 0 bridgehead atoms. The molecule has 33 heavy (non-hydrogen) atoms. The van der Waals surface area contributed by atoms with E-state index in [9.17, 15) is 14.7 Å². The van der Waals surface area contributed by atoms with Gasteiger partial charge in [-0.05, 0) is 31.2 Å². The van der Waals surface area contributed by atoms with Crippen LogP contribution in [0.25, 0.3) is 0 Å². The van der Waals surface area contributed by atoms with Gasteiger partial charge in [0, 0.05) is 6.92 Å². The zero-order chi connectivity index (χ0) is 23.5. The number of amides is 1. The molecule has 4 rings (SSSR count). The predicted octanol–water partition coefficient (Wildman–Crippen LogP) is 2.51. The molecular weight excluding hydrogens is 458 g/mol. The summed E-state index contributed by atoms with van der Waals surface area (Å²) in [6.07, 6.45) is -4.05. The molecule has 2 aromatic rings. The van der Waals surface area contributed by atoms with Gasteiger partial charge < -0.3 is 38.5 Å². The van der Waals surface area contributed by atoms with Gasteiger partial charge in [0.2, 0.25) is 18.5 Å². The number of rotatable bonds is 7. The minimum Gasteiger partial charge on any atom is -0.479 e. The second-order valence-corrected chi connectivity index (χ2v) is 8.09. The lowest BCUT2D eigenvalue weighted by molar-refractivity contribution is -0.343. The SMILES string of the molecule is CC(=O)NC1C(Oc2ccccc2Cl)OC2COC(c3ccco3)OC2C1OC(C)C(=O)O. The van der Waals surface area contributed by atoms with E-state index in [2.05, 4.69) is 5.32 Å². The summed E-state index contributed by atoms with van der Waals surface area (Å²) in [5.74, 6) is -0.794. The minimum absolute atomic E-state index is 0.0898. The summed E-state index contributed by atoms with van der Waals surface area (Å²) >= 11 is 6.24. The number of benzene rings is 1. The predicted molar refractivity (Wildman–Crippen MR) is 113 cm³/mol. The first kappa shape index (κ1) is 23.5. The first-order chi connectivity index (χ1) is 15.8. The lowest BCUT2D eigenvalue weighted by Gasteiger charge is -2.49. The molecule has 7 atom stereocenters. The highest BCUT2D eigenvalue weighted by Gasteiger charge is 2.53. The summed E-state index contributed by atoms with van der Waals surface area (Å²) < 4.78 is 35.2. The molecule has 7 unspecified atom stereocenters. The Morgan fingerprint density at radius 3 is 2.67 bits per heavy atom. The normalized spacial score (nSPS) is 30.2. The first-order valence-electron chi connectivity index (χ1n) is 10.4. The van der Waals surface area contributed by atoms with Crippen molar-refractivity contribution in [1.82, 2.24) is 5.32 Å². The van der Waals surface area contributed by atoms with Gasteiger partial charge in [0.05, 0.1) is 17.9 Å². The molecule has 2 aliphatic heterocycles. The molecule has 1 aromatic carbocycles. The topological polar surface area (TPSA) is 126 Å². The molecule has 0 radical (unpaired) electrons. The summed E-state index contributed by atoms with van der Waals surface area (Å²) in [5, 5.41) is 12.5. The van der Waals surface area contributed by atoms with Crippen LogP contribution in [0, 0.1) is 0 Å². The van der Waals surface area contributed by atoms with Gasteiger partial charge in [-0.15, -0.1) is 0 Å². The summed E-state index contributed by atoms with van der Waals surface area (Å²) in [6.45, 7) is 2.81. The van der Waals surface area contributed by atoms with Crippen LogP contribution in [-0.4, -0.2) is 60.3 Å². The number of para-hydroxylation sites is 1. The van der Waals surface area contributed by atoms with Crippen molar-refractivity contribution >= 4 is 23.5 Å². The number of ether oxygens (including phenoxy) is 5. The number of carboxylic acids is 1. The molecule has 0 spiro atoms. The van der Waals surface area contributed by atoms with Crippen molar-refractivity contribution in [3.05, 3.63) is 53.4 Å². The number of hydrogen-bond donors (Lipinski definition) is 2. The van der Waals surface area contributed by atoms with Gasteiger partial charge in [0.25, 0.3) is 0 Å². The Balaban J connectivity index is 1.65. The molecule has 1 aromatic heterocycles. The maximum Gasteiger partial charge on any atom is 0.332 e. The van der Waals surface area contributed by atoms with E-state index in [1.165, 1.54) is 20.1 Å². The van der Waals surface area contributed by atoms with Gasteiger partial charge in [-0.3, -0.25) is 4.79 Å². The van der Waals surface area contributed by atoms with Crippen LogP contribution in [0.15, 0.2) is 47.1 Å². The third-order valence-electron chi connectivity index (χ3n) is 5.27. The van der Waals surface area contributed by atoms with Crippen molar-refractivity contribution in [2.24, 2.45) is 0 Å². The fraction of sp³-hybridized carbons (Fsp3) is 0.455. The van der Waals surface area contributed by atoms with Crippen molar-refractivity contribution in [1.29, 1.82) is 0 Å². The molecule has 2 N–H and O–H groups in total. The largest absolute Gasteiger partial charge is 0.479 e. The van der Waals surface area contributed by atoms with Crippen LogP contribution in [0.1, 0.15) is 25.9 Å². The summed E-state index contributed by atoms with van der Waals surface area (Å²) in [4.78, 5) is 23.6. The van der Waals surface area contributed by atoms with Gasteiger partial charge >= 0.3 is 5.97 Å². The van der Waals surface area contributed by atoms with E-state index < -0.39 is 49.0 Å². The number of hydrogen-bond acceptors (Lipinski definition) is 8. The van der Waals surface area contributed by atoms with Crippen LogP contribution in [-0.2, 0) is 28.5 Å². The minimum atomic E-state index is -1.19. The molecule has 11 heteroatoms. The van der Waals surface area contributed by atoms with Crippen LogP contribution in [0.3, 0.4) is 0 Å². The molecule has 178 valence electrons. The van der Waals surface area contributed by atoms with Gasteiger partial charge in [-0.2, -0.15) is 0 Å². The third kappa shape index (κ3) is 5.31. The third-order valence-corrected chi connectivity index (χ3v) is 5.59. The highest BCUT2D eigenvalue weighted by molar-refractivity contribution is 6.32. The van der Waals surface area contributed by atoms with Crippen LogP contribution in [0.5, 0.6) is 5.75 Å². The number of fused-ring (bicyclic) bond motifs is 1. The van der Waals surface area contributed by atoms with E-state index in [4.69, 9.17) is 39.7 Å². The summed E-state index contributed by atoms with van der Waals surface area (Å²) in [5.41, 5.74) is 0. The maximum absolute atomic E-state index is 12.1. The maximum atomic E-state index is 12.1. The Morgan fingerprint density at radius 1 is 1.21 bits per heavy atom. The summed E-state index contributed by atoms with van der Waals surface area (Å²) in [7, 11) is 0. The van der Waals surface area contributed by atoms with E-state index >= 15 is 0 Å². The van der Waals surface area contributed by atoms with Crippen LogP contribution in [0.2, 0.25) is 5.02 Å². The fourth-order valence-electron chi connectivity index (χ4n) is 3.75. The van der Waals surface area contributed by atoms with E-state index in [1.807, 2.05) is 0 Å². The Bertz CT molecular complexity index is 969. The first-order valence-corrected chi connectivity index (χ1v) is 10.7. The van der Waals surface area contributed by atoms with E-state index in [1.54, 1.807) is 36.4 Å². The lowest BCUT2D eigenvalue weighted by Crippen LogP contribution is -2.68. The van der Waals surface area contributed by atoms with Gasteiger partial charge in [0.1, 0.15) is 30.1 Å². The number of aliphatic carboxylic acids is 1. The Kier molecular flexibility index (Phi) is 7.20. The zero-order valence-electron chi connectivity index (χ0n) is 17.9. The number of furan rings is 1. The van der Waals surface area contributed by atoms with E-state index in [0.717, 1.165) is 0 Å². The molecular formula is C22H24ClNO9. The summed E-state index contributed by atoms with van der Waals surface area (Å²) in [6, 6.07) is 9.25. The van der Waals surface area contributed by atoms with Crippen molar-refractivity contribution in [3.63, 3.8) is 0 Å². The number of nitrogens with one attached hydrogen (secondary N) is 1. The fourth-order valence-corrected chi connectivity index (χ4v) is 3.93. The van der Waals surface area contributed by atoms with Crippen LogP contribution in [0.4, 0.5) is 0 Å².